The van der Waals surface area contributed by atoms with E-state index in [2.05, 4.69) is 20.9 Å². The summed E-state index contributed by atoms with van der Waals surface area (Å²) in [5.74, 6) is 0.684. The van der Waals surface area contributed by atoms with E-state index in [1.165, 1.54) is 0 Å². The van der Waals surface area contributed by atoms with Crippen molar-refractivity contribution >= 4 is 11.6 Å². The minimum absolute atomic E-state index is 0.354. The molecule has 0 aliphatic carbocycles. The van der Waals surface area contributed by atoms with Crippen LogP contribution in [0.2, 0.25) is 5.15 Å². The largest absolute Gasteiger partial charge is 0.379 e. The lowest BCUT2D eigenvalue weighted by Gasteiger charge is -2.29. The Labute approximate surface area is 128 Å². The molecular weight excluding hydrogens is 288 g/mol. The monoisotopic (exact) mass is 302 g/mol. The summed E-state index contributed by atoms with van der Waals surface area (Å²) in [6.07, 6.45) is 0. The van der Waals surface area contributed by atoms with E-state index in [1.807, 2.05) is 30.3 Å². The van der Waals surface area contributed by atoms with E-state index in [0.717, 1.165) is 5.56 Å². The number of nitrogens with zero attached hydrogens (tertiary/aromatic N) is 3. The molecule has 0 amide bonds. The molecule has 21 heavy (non-hydrogen) atoms. The van der Waals surface area contributed by atoms with Crippen molar-refractivity contribution in [1.82, 2.24) is 14.9 Å². The molecule has 1 N–H and O–H groups in total. The minimum atomic E-state index is -0.425. The van der Waals surface area contributed by atoms with E-state index >= 15 is 0 Å². The van der Waals surface area contributed by atoms with Gasteiger partial charge in [0.15, 0.2) is 5.15 Å². The highest BCUT2D eigenvalue weighted by atomic mass is 35.5. The number of aromatic nitrogens is 2. The quantitative estimate of drug-likeness (QED) is 0.946. The Kier molecular flexibility index (Phi) is 4.20. The summed E-state index contributed by atoms with van der Waals surface area (Å²) in [4.78, 5) is 9.60. The first-order valence-electron chi connectivity index (χ1n) is 6.82. The number of morpholine rings is 1. The molecule has 3 rings (SSSR count). The van der Waals surface area contributed by atoms with Crippen molar-refractivity contribution in [3.63, 3.8) is 0 Å². The lowest BCUT2D eigenvalue weighted by Crippen LogP contribution is -2.38. The number of nitrogens with one attached hydrogen (secondary N) is 1. The molecule has 1 aliphatic rings. The summed E-state index contributed by atoms with van der Waals surface area (Å²) < 4.78 is 5.33. The summed E-state index contributed by atoms with van der Waals surface area (Å²) in [7, 11) is 0. The minimum Gasteiger partial charge on any atom is -0.379 e. The van der Waals surface area contributed by atoms with Crippen LogP contribution in [0, 0.1) is 11.3 Å². The van der Waals surface area contributed by atoms with Gasteiger partial charge in [-0.1, -0.05) is 41.9 Å². The van der Waals surface area contributed by atoms with Crippen LogP contribution in [-0.4, -0.2) is 41.2 Å². The maximum atomic E-state index is 9.50. The van der Waals surface area contributed by atoms with Gasteiger partial charge in [0, 0.05) is 18.7 Å². The first kappa shape index (κ1) is 14.1. The molecule has 1 aromatic carbocycles. The van der Waals surface area contributed by atoms with Crippen molar-refractivity contribution in [3.8, 4) is 17.5 Å². The van der Waals surface area contributed by atoms with Gasteiger partial charge >= 0.3 is 0 Å². The highest BCUT2D eigenvalue weighted by Crippen LogP contribution is 2.29. The Morgan fingerprint density at radius 1 is 1.29 bits per heavy atom. The normalized spacial score (nSPS) is 17.3. The Morgan fingerprint density at radius 3 is 2.67 bits per heavy atom. The lowest BCUT2D eigenvalue weighted by atomic mass is 10.2. The third kappa shape index (κ3) is 2.93. The predicted octanol–water partition coefficient (Wildman–Crippen LogP) is 2.63. The number of ether oxygens (including phenoxy) is 1. The number of H-pyrrole nitrogens is 1. The number of halogens is 1. The van der Waals surface area contributed by atoms with Crippen LogP contribution in [0.5, 0.6) is 0 Å². The van der Waals surface area contributed by atoms with Gasteiger partial charge < -0.3 is 9.72 Å². The van der Waals surface area contributed by atoms with Gasteiger partial charge in [0.25, 0.3) is 0 Å². The van der Waals surface area contributed by atoms with Crippen LogP contribution in [0.4, 0.5) is 0 Å². The summed E-state index contributed by atoms with van der Waals surface area (Å²) in [5.41, 5.74) is 1.60. The number of aromatic amines is 1. The van der Waals surface area contributed by atoms with Crippen LogP contribution >= 0.6 is 11.6 Å². The standard InChI is InChI=1S/C15H15ClN4O/c16-14-13(12(10-17)20-6-8-21-9-7-20)18-15(19-14)11-4-2-1-3-5-11/h1-5,12H,6-9H2,(H,18,19). The average molecular weight is 303 g/mol. The number of hydrogen-bond acceptors (Lipinski definition) is 4. The van der Waals surface area contributed by atoms with Gasteiger partial charge in [0.05, 0.1) is 25.0 Å². The van der Waals surface area contributed by atoms with Gasteiger partial charge in [0.2, 0.25) is 0 Å². The van der Waals surface area contributed by atoms with Crippen LogP contribution in [0.1, 0.15) is 11.7 Å². The highest BCUT2D eigenvalue weighted by Gasteiger charge is 2.26. The summed E-state index contributed by atoms with van der Waals surface area (Å²) >= 11 is 6.24. The second-order valence-electron chi connectivity index (χ2n) is 4.84. The van der Waals surface area contributed by atoms with E-state index in [4.69, 9.17) is 16.3 Å². The fraction of sp³-hybridized carbons (Fsp3) is 0.333. The van der Waals surface area contributed by atoms with Crippen LogP contribution in [0.25, 0.3) is 11.4 Å². The molecule has 1 atom stereocenters. The zero-order valence-corrected chi connectivity index (χ0v) is 12.2. The molecule has 0 radical (unpaired) electrons. The van der Waals surface area contributed by atoms with Crippen molar-refractivity contribution in [2.45, 2.75) is 6.04 Å². The molecular formula is C15H15ClN4O. The second-order valence-corrected chi connectivity index (χ2v) is 5.19. The molecule has 0 spiro atoms. The third-order valence-corrected chi connectivity index (χ3v) is 3.83. The van der Waals surface area contributed by atoms with Crippen LogP contribution in [0.15, 0.2) is 30.3 Å². The third-order valence-electron chi connectivity index (χ3n) is 3.54. The van der Waals surface area contributed by atoms with Crippen LogP contribution < -0.4 is 0 Å². The summed E-state index contributed by atoms with van der Waals surface area (Å²) in [6, 6.07) is 11.6. The average Bonchev–Trinajstić information content (AvgIpc) is 2.92. The van der Waals surface area contributed by atoms with E-state index in [-0.39, 0.29) is 0 Å². The van der Waals surface area contributed by atoms with E-state index in [0.29, 0.717) is 43.0 Å². The molecule has 108 valence electrons. The van der Waals surface area contributed by atoms with Crippen molar-refractivity contribution in [2.75, 3.05) is 26.3 Å². The van der Waals surface area contributed by atoms with E-state index in [9.17, 15) is 5.26 Å². The van der Waals surface area contributed by atoms with E-state index < -0.39 is 6.04 Å². The van der Waals surface area contributed by atoms with Crippen LogP contribution in [0.3, 0.4) is 0 Å². The molecule has 2 aromatic rings. The molecule has 1 aromatic heterocycles. The van der Waals surface area contributed by atoms with Crippen LogP contribution in [-0.2, 0) is 4.74 Å². The molecule has 1 fully saturated rings. The lowest BCUT2D eigenvalue weighted by molar-refractivity contribution is 0.0260. The van der Waals surface area contributed by atoms with Gasteiger partial charge in [0.1, 0.15) is 11.9 Å². The number of rotatable bonds is 3. The molecule has 5 nitrogen and oxygen atoms in total. The summed E-state index contributed by atoms with van der Waals surface area (Å²) in [6.45, 7) is 2.70. The van der Waals surface area contributed by atoms with Crippen molar-refractivity contribution < 1.29 is 4.74 Å². The zero-order chi connectivity index (χ0) is 14.7. The molecule has 1 saturated heterocycles. The molecule has 1 aliphatic heterocycles. The van der Waals surface area contributed by atoms with E-state index in [1.54, 1.807) is 0 Å². The fourth-order valence-electron chi connectivity index (χ4n) is 2.44. The first-order chi connectivity index (χ1) is 10.3. The molecule has 1 unspecified atom stereocenters. The highest BCUT2D eigenvalue weighted by molar-refractivity contribution is 6.30. The maximum absolute atomic E-state index is 9.50. The molecule has 2 heterocycles. The van der Waals surface area contributed by atoms with Gasteiger partial charge in [-0.25, -0.2) is 4.98 Å². The SMILES string of the molecule is N#CC(c1[nH]c(-c2ccccc2)nc1Cl)N1CCOCC1. The van der Waals surface area contributed by atoms with Gasteiger partial charge in [-0.05, 0) is 0 Å². The number of hydrogen-bond donors (Lipinski definition) is 1. The Balaban J connectivity index is 1.91. The molecule has 0 bridgehead atoms. The Bertz CT molecular complexity index is 643. The fourth-order valence-corrected chi connectivity index (χ4v) is 2.68. The maximum Gasteiger partial charge on any atom is 0.153 e. The van der Waals surface area contributed by atoms with Gasteiger partial charge in [-0.2, -0.15) is 5.26 Å². The number of nitriles is 1. The Morgan fingerprint density at radius 2 is 2.00 bits per heavy atom. The number of imidazole rings is 1. The predicted molar refractivity (Wildman–Crippen MR) is 79.8 cm³/mol. The smallest absolute Gasteiger partial charge is 0.153 e. The number of benzene rings is 1. The molecule has 0 saturated carbocycles. The second kappa shape index (κ2) is 6.27. The Hall–Kier alpha value is -1.87. The topological polar surface area (TPSA) is 64.9 Å². The zero-order valence-electron chi connectivity index (χ0n) is 11.4. The van der Waals surface area contributed by atoms with Crippen molar-refractivity contribution in [1.29, 1.82) is 5.26 Å². The molecule has 6 heteroatoms. The first-order valence-corrected chi connectivity index (χ1v) is 7.19. The van der Waals surface area contributed by atoms with Crippen molar-refractivity contribution in [2.24, 2.45) is 0 Å². The summed E-state index contributed by atoms with van der Waals surface area (Å²) in [5, 5.41) is 9.85. The van der Waals surface area contributed by atoms with Crippen molar-refractivity contribution in [3.05, 3.63) is 41.2 Å². The van der Waals surface area contributed by atoms with Gasteiger partial charge in [-0.3, -0.25) is 4.90 Å². The van der Waals surface area contributed by atoms with Gasteiger partial charge in [-0.15, -0.1) is 0 Å².